The predicted octanol–water partition coefficient (Wildman–Crippen LogP) is 2.14. The maximum atomic E-state index is 11.5. The number of aliphatic hydroxyl groups is 1. The Balaban J connectivity index is 0.000000861. The van der Waals surface area contributed by atoms with Crippen molar-refractivity contribution in [1.29, 1.82) is 0 Å². The Morgan fingerprint density at radius 3 is 2.42 bits per heavy atom. The lowest BCUT2D eigenvalue weighted by atomic mass is 9.82. The molecule has 0 radical (unpaired) electrons. The second kappa shape index (κ2) is 7.41. The second-order valence-electron chi connectivity index (χ2n) is 5.46. The SMILES string of the molecule is CC(C)N1CCC(C=O)(Cc2ccccc2)C1.CO. The largest absolute Gasteiger partial charge is 0.400 e. The summed E-state index contributed by atoms with van der Waals surface area (Å²) in [5, 5.41) is 7.00. The first-order chi connectivity index (χ1) is 9.15. The maximum absolute atomic E-state index is 11.5. The van der Waals surface area contributed by atoms with Gasteiger partial charge in [-0.15, -0.1) is 0 Å². The third kappa shape index (κ3) is 4.15. The van der Waals surface area contributed by atoms with Crippen molar-refractivity contribution in [3.8, 4) is 0 Å². The molecule has 3 heteroatoms. The molecule has 106 valence electrons. The number of carbonyl (C=O) groups is 1. The van der Waals surface area contributed by atoms with E-state index in [9.17, 15) is 4.79 Å². The zero-order valence-electron chi connectivity index (χ0n) is 12.2. The molecule has 0 aromatic heterocycles. The van der Waals surface area contributed by atoms with Gasteiger partial charge in [-0.25, -0.2) is 0 Å². The Morgan fingerprint density at radius 2 is 1.95 bits per heavy atom. The highest BCUT2D eigenvalue weighted by atomic mass is 16.2. The first-order valence-corrected chi connectivity index (χ1v) is 6.84. The monoisotopic (exact) mass is 263 g/mol. The van der Waals surface area contributed by atoms with Crippen molar-refractivity contribution >= 4 is 6.29 Å². The lowest BCUT2D eigenvalue weighted by Gasteiger charge is -2.25. The topological polar surface area (TPSA) is 40.5 Å². The molecule has 1 saturated heterocycles. The number of likely N-dealkylation sites (tertiary alicyclic amines) is 1. The van der Waals surface area contributed by atoms with Crippen LogP contribution in [0.1, 0.15) is 25.8 Å². The van der Waals surface area contributed by atoms with Gasteiger partial charge in [-0.05, 0) is 38.8 Å². The van der Waals surface area contributed by atoms with Crippen LogP contribution >= 0.6 is 0 Å². The standard InChI is InChI=1S/C15H21NO.CH4O/c1-13(2)16-9-8-15(11-16,12-17)10-14-6-4-3-5-7-14;1-2/h3-7,12-13H,8-11H2,1-2H3;2H,1H3. The molecule has 1 unspecified atom stereocenters. The number of hydrogen-bond donors (Lipinski definition) is 1. The molecule has 0 aliphatic carbocycles. The number of rotatable bonds is 4. The first kappa shape index (κ1) is 15.9. The number of hydrogen-bond acceptors (Lipinski definition) is 3. The van der Waals surface area contributed by atoms with Gasteiger partial charge in [0.2, 0.25) is 0 Å². The van der Waals surface area contributed by atoms with Crippen molar-refractivity contribution in [3.63, 3.8) is 0 Å². The van der Waals surface area contributed by atoms with Gasteiger partial charge in [0.05, 0.1) is 0 Å². The van der Waals surface area contributed by atoms with Crippen LogP contribution in [0.5, 0.6) is 0 Å². The molecule has 1 aromatic carbocycles. The van der Waals surface area contributed by atoms with Gasteiger partial charge in [-0.3, -0.25) is 4.90 Å². The normalized spacial score (nSPS) is 23.0. The minimum Gasteiger partial charge on any atom is -0.400 e. The fraction of sp³-hybridized carbons (Fsp3) is 0.562. The summed E-state index contributed by atoms with van der Waals surface area (Å²) in [6.07, 6.45) is 3.05. The average Bonchev–Trinajstić information content (AvgIpc) is 2.87. The zero-order valence-corrected chi connectivity index (χ0v) is 12.2. The summed E-state index contributed by atoms with van der Waals surface area (Å²) in [5.41, 5.74) is 1.11. The van der Waals surface area contributed by atoms with E-state index >= 15 is 0 Å². The maximum Gasteiger partial charge on any atom is 0.127 e. The third-order valence-electron chi connectivity index (χ3n) is 3.79. The van der Waals surface area contributed by atoms with Crippen LogP contribution in [0.3, 0.4) is 0 Å². The quantitative estimate of drug-likeness (QED) is 0.846. The molecule has 1 aliphatic heterocycles. The molecule has 0 spiro atoms. The Labute approximate surface area is 116 Å². The Bertz CT molecular complexity index is 378. The van der Waals surface area contributed by atoms with Gasteiger partial charge in [-0.1, -0.05) is 30.3 Å². The van der Waals surface area contributed by atoms with Crippen molar-refractivity contribution in [3.05, 3.63) is 35.9 Å². The Kier molecular flexibility index (Phi) is 6.19. The van der Waals surface area contributed by atoms with Crippen LogP contribution in [-0.4, -0.2) is 42.5 Å². The van der Waals surface area contributed by atoms with E-state index in [1.54, 1.807) is 0 Å². The van der Waals surface area contributed by atoms with Crippen molar-refractivity contribution in [1.82, 2.24) is 4.90 Å². The Morgan fingerprint density at radius 1 is 1.32 bits per heavy atom. The molecule has 0 saturated carbocycles. The van der Waals surface area contributed by atoms with Gasteiger partial charge in [0.1, 0.15) is 6.29 Å². The average molecular weight is 263 g/mol. The summed E-state index contributed by atoms with van der Waals surface area (Å²) in [7, 11) is 1.00. The van der Waals surface area contributed by atoms with Crippen LogP contribution < -0.4 is 0 Å². The second-order valence-corrected chi connectivity index (χ2v) is 5.46. The number of benzene rings is 1. The highest BCUT2D eigenvalue weighted by Gasteiger charge is 2.38. The van der Waals surface area contributed by atoms with Crippen LogP contribution in [0.15, 0.2) is 30.3 Å². The van der Waals surface area contributed by atoms with Crippen molar-refractivity contribution in [2.24, 2.45) is 5.41 Å². The molecule has 1 aromatic rings. The zero-order chi connectivity index (χ0) is 14.3. The fourth-order valence-corrected chi connectivity index (χ4v) is 2.65. The number of aliphatic hydroxyl groups excluding tert-OH is 1. The smallest absolute Gasteiger partial charge is 0.127 e. The van der Waals surface area contributed by atoms with E-state index in [1.165, 1.54) is 11.8 Å². The molecule has 1 atom stereocenters. The molecule has 1 N–H and O–H groups in total. The van der Waals surface area contributed by atoms with Crippen LogP contribution in [0.4, 0.5) is 0 Å². The summed E-state index contributed by atoms with van der Waals surface area (Å²) in [6.45, 7) is 6.35. The van der Waals surface area contributed by atoms with Gasteiger partial charge in [0.15, 0.2) is 0 Å². The van der Waals surface area contributed by atoms with E-state index in [1.807, 2.05) is 18.2 Å². The van der Waals surface area contributed by atoms with Crippen LogP contribution in [0.2, 0.25) is 0 Å². The van der Waals surface area contributed by atoms with E-state index in [-0.39, 0.29) is 5.41 Å². The lowest BCUT2D eigenvalue weighted by molar-refractivity contribution is -0.115. The predicted molar refractivity (Wildman–Crippen MR) is 78.1 cm³/mol. The van der Waals surface area contributed by atoms with E-state index in [0.29, 0.717) is 6.04 Å². The molecular weight excluding hydrogens is 238 g/mol. The van der Waals surface area contributed by atoms with Crippen LogP contribution in [0, 0.1) is 5.41 Å². The molecule has 2 rings (SSSR count). The Hall–Kier alpha value is -1.19. The molecular formula is C16H25NO2. The first-order valence-electron chi connectivity index (χ1n) is 6.84. The van der Waals surface area contributed by atoms with E-state index in [4.69, 9.17) is 5.11 Å². The van der Waals surface area contributed by atoms with Crippen LogP contribution in [-0.2, 0) is 11.2 Å². The fourth-order valence-electron chi connectivity index (χ4n) is 2.65. The van der Waals surface area contributed by atoms with Gasteiger partial charge < -0.3 is 9.90 Å². The molecule has 0 amide bonds. The molecule has 19 heavy (non-hydrogen) atoms. The highest BCUT2D eigenvalue weighted by molar-refractivity contribution is 5.61. The van der Waals surface area contributed by atoms with Gasteiger partial charge in [0.25, 0.3) is 0 Å². The number of aldehydes is 1. The van der Waals surface area contributed by atoms with Crippen molar-refractivity contribution < 1.29 is 9.90 Å². The molecule has 1 aliphatic rings. The summed E-state index contributed by atoms with van der Waals surface area (Å²) >= 11 is 0. The third-order valence-corrected chi connectivity index (χ3v) is 3.79. The van der Waals surface area contributed by atoms with Gasteiger partial charge in [0, 0.05) is 25.1 Å². The summed E-state index contributed by atoms with van der Waals surface area (Å²) in [5.74, 6) is 0. The van der Waals surface area contributed by atoms with E-state index in [2.05, 4.69) is 30.9 Å². The van der Waals surface area contributed by atoms with E-state index < -0.39 is 0 Å². The van der Waals surface area contributed by atoms with Crippen molar-refractivity contribution in [2.45, 2.75) is 32.7 Å². The molecule has 0 bridgehead atoms. The van der Waals surface area contributed by atoms with Crippen molar-refractivity contribution in [2.75, 3.05) is 20.2 Å². The summed E-state index contributed by atoms with van der Waals surface area (Å²) in [4.78, 5) is 13.9. The molecule has 3 nitrogen and oxygen atoms in total. The lowest BCUT2D eigenvalue weighted by Crippen LogP contribution is -2.34. The minimum atomic E-state index is -0.161. The molecule has 1 fully saturated rings. The number of carbonyl (C=O) groups excluding carboxylic acids is 1. The van der Waals surface area contributed by atoms with Crippen LogP contribution in [0.25, 0.3) is 0 Å². The minimum absolute atomic E-state index is 0.161. The van der Waals surface area contributed by atoms with Gasteiger partial charge in [-0.2, -0.15) is 0 Å². The summed E-state index contributed by atoms with van der Waals surface area (Å²) < 4.78 is 0. The molecule has 1 heterocycles. The highest BCUT2D eigenvalue weighted by Crippen LogP contribution is 2.33. The van der Waals surface area contributed by atoms with E-state index in [0.717, 1.165) is 33.0 Å². The number of nitrogens with zero attached hydrogens (tertiary/aromatic N) is 1. The van der Waals surface area contributed by atoms with Gasteiger partial charge >= 0.3 is 0 Å². The summed E-state index contributed by atoms with van der Waals surface area (Å²) in [6, 6.07) is 10.9.